The smallest absolute Gasteiger partial charge is 0.161 e. The number of hydrogen-bond acceptors (Lipinski definition) is 3. The normalized spacial score (nSPS) is 15.5. The second kappa shape index (κ2) is 5.74. The predicted molar refractivity (Wildman–Crippen MR) is 74.8 cm³/mol. The summed E-state index contributed by atoms with van der Waals surface area (Å²) in [5, 5.41) is 7.66. The lowest BCUT2D eigenvalue weighted by Crippen LogP contribution is -2.27. The maximum atomic E-state index is 5.39. The fraction of sp³-hybridized carbons (Fsp3) is 0.786. The van der Waals surface area contributed by atoms with Gasteiger partial charge in [0.2, 0.25) is 0 Å². The van der Waals surface area contributed by atoms with E-state index in [9.17, 15) is 0 Å². The number of nitrogens with one attached hydrogen (secondary N) is 1. The fourth-order valence-corrected chi connectivity index (χ4v) is 2.05. The average Bonchev–Trinajstić information content (AvgIpc) is 2.65. The number of nitrogens with zero attached hydrogens (tertiary/aromatic N) is 2. The maximum absolute atomic E-state index is 5.39. The van der Waals surface area contributed by atoms with Crippen molar-refractivity contribution in [1.82, 2.24) is 15.1 Å². The van der Waals surface area contributed by atoms with Crippen LogP contribution < -0.4 is 10.1 Å². The molecule has 0 aliphatic rings. The highest BCUT2D eigenvalue weighted by Crippen LogP contribution is 2.35. The molecule has 0 spiro atoms. The van der Waals surface area contributed by atoms with Gasteiger partial charge in [-0.05, 0) is 24.8 Å². The van der Waals surface area contributed by atoms with E-state index in [4.69, 9.17) is 4.74 Å². The van der Waals surface area contributed by atoms with E-state index in [1.807, 2.05) is 18.8 Å². The minimum atomic E-state index is 0.265. The molecule has 2 unspecified atom stereocenters. The van der Waals surface area contributed by atoms with Crippen molar-refractivity contribution < 1.29 is 4.74 Å². The van der Waals surface area contributed by atoms with Gasteiger partial charge in [-0.2, -0.15) is 5.10 Å². The van der Waals surface area contributed by atoms with Crippen molar-refractivity contribution in [2.45, 2.75) is 40.2 Å². The summed E-state index contributed by atoms with van der Waals surface area (Å²) in [6, 6.07) is 0.265. The standard InChI is InChI=1S/C14H27N3O/c1-10(14(2,3)4)8-11(15-5)13-12(18-7)9-16-17(13)6/h9-11,15H,8H2,1-7H3. The minimum Gasteiger partial charge on any atom is -0.493 e. The molecule has 4 heteroatoms. The molecule has 104 valence electrons. The van der Waals surface area contributed by atoms with Gasteiger partial charge in [-0.1, -0.05) is 27.7 Å². The van der Waals surface area contributed by atoms with Crippen molar-refractivity contribution in [3.05, 3.63) is 11.9 Å². The summed E-state index contributed by atoms with van der Waals surface area (Å²) in [7, 11) is 5.65. The van der Waals surface area contributed by atoms with E-state index in [1.165, 1.54) is 0 Å². The molecule has 1 N–H and O–H groups in total. The fourth-order valence-electron chi connectivity index (χ4n) is 2.05. The summed E-state index contributed by atoms with van der Waals surface area (Å²) < 4.78 is 7.29. The van der Waals surface area contributed by atoms with Gasteiger partial charge in [-0.25, -0.2) is 0 Å². The summed E-state index contributed by atoms with van der Waals surface area (Å²) >= 11 is 0. The van der Waals surface area contributed by atoms with Crippen molar-refractivity contribution in [1.29, 1.82) is 0 Å². The number of methoxy groups -OCH3 is 1. The lowest BCUT2D eigenvalue weighted by molar-refractivity contribution is 0.222. The van der Waals surface area contributed by atoms with Crippen molar-refractivity contribution in [3.8, 4) is 5.75 Å². The summed E-state index contributed by atoms with van der Waals surface area (Å²) in [5.74, 6) is 1.47. The van der Waals surface area contributed by atoms with E-state index in [0.717, 1.165) is 17.9 Å². The molecule has 4 nitrogen and oxygen atoms in total. The molecule has 0 aromatic carbocycles. The van der Waals surface area contributed by atoms with Gasteiger partial charge in [0.05, 0.1) is 25.0 Å². The van der Waals surface area contributed by atoms with Gasteiger partial charge in [0.1, 0.15) is 0 Å². The summed E-state index contributed by atoms with van der Waals surface area (Å²) in [5.41, 5.74) is 1.43. The van der Waals surface area contributed by atoms with Gasteiger partial charge < -0.3 is 10.1 Å². The number of ether oxygens (including phenoxy) is 1. The molecule has 0 saturated heterocycles. The maximum Gasteiger partial charge on any atom is 0.161 e. The van der Waals surface area contributed by atoms with Gasteiger partial charge in [0.15, 0.2) is 5.75 Å². The SMILES string of the molecule is CNC(CC(C)C(C)(C)C)c1c(OC)cnn1C. The summed E-state index contributed by atoms with van der Waals surface area (Å²) in [4.78, 5) is 0. The van der Waals surface area contributed by atoms with Crippen LogP contribution in [0.5, 0.6) is 5.75 Å². The van der Waals surface area contributed by atoms with Crippen LogP contribution in [0.4, 0.5) is 0 Å². The van der Waals surface area contributed by atoms with Crippen molar-refractivity contribution >= 4 is 0 Å². The Kier molecular flexibility index (Phi) is 4.79. The van der Waals surface area contributed by atoms with E-state index < -0.39 is 0 Å². The molecule has 0 aliphatic heterocycles. The molecular formula is C14H27N3O. The number of aromatic nitrogens is 2. The molecule has 1 rings (SSSR count). The Balaban J connectivity index is 2.93. The van der Waals surface area contributed by atoms with Crippen LogP contribution in [0.1, 0.15) is 45.9 Å². The number of rotatable bonds is 5. The van der Waals surface area contributed by atoms with E-state index in [-0.39, 0.29) is 6.04 Å². The predicted octanol–water partition coefficient (Wildman–Crippen LogP) is 2.76. The highest BCUT2D eigenvalue weighted by molar-refractivity contribution is 5.28. The lowest BCUT2D eigenvalue weighted by atomic mass is 9.78. The Hall–Kier alpha value is -1.03. The van der Waals surface area contributed by atoms with Crippen LogP contribution in [0.25, 0.3) is 0 Å². The Morgan fingerprint density at radius 2 is 2.06 bits per heavy atom. The highest BCUT2D eigenvalue weighted by Gasteiger charge is 2.27. The Labute approximate surface area is 111 Å². The molecule has 1 aromatic heterocycles. The largest absolute Gasteiger partial charge is 0.493 e. The van der Waals surface area contributed by atoms with Crippen LogP contribution in [-0.2, 0) is 7.05 Å². The second-order valence-corrected chi connectivity index (χ2v) is 6.07. The summed E-state index contributed by atoms with van der Waals surface area (Å²) in [6.07, 6.45) is 2.84. The van der Waals surface area contributed by atoms with Gasteiger partial charge in [0, 0.05) is 7.05 Å². The molecule has 0 aliphatic carbocycles. The second-order valence-electron chi connectivity index (χ2n) is 6.07. The van der Waals surface area contributed by atoms with Crippen molar-refractivity contribution in [2.24, 2.45) is 18.4 Å². The molecular weight excluding hydrogens is 226 g/mol. The molecule has 0 bridgehead atoms. The number of aryl methyl sites for hydroxylation is 1. The van der Waals surface area contributed by atoms with Crippen LogP contribution in [0.15, 0.2) is 6.20 Å². The van der Waals surface area contributed by atoms with Crippen LogP contribution in [-0.4, -0.2) is 23.9 Å². The Morgan fingerprint density at radius 1 is 1.44 bits per heavy atom. The first-order valence-corrected chi connectivity index (χ1v) is 6.54. The molecule has 18 heavy (non-hydrogen) atoms. The lowest BCUT2D eigenvalue weighted by Gasteiger charge is -2.31. The van der Waals surface area contributed by atoms with E-state index >= 15 is 0 Å². The van der Waals surface area contributed by atoms with E-state index in [1.54, 1.807) is 13.3 Å². The van der Waals surface area contributed by atoms with Crippen molar-refractivity contribution in [3.63, 3.8) is 0 Å². The van der Waals surface area contributed by atoms with Crippen LogP contribution in [0.3, 0.4) is 0 Å². The highest BCUT2D eigenvalue weighted by atomic mass is 16.5. The molecule has 0 amide bonds. The Morgan fingerprint density at radius 3 is 2.50 bits per heavy atom. The zero-order valence-corrected chi connectivity index (χ0v) is 12.7. The van der Waals surface area contributed by atoms with Crippen LogP contribution >= 0.6 is 0 Å². The first-order valence-electron chi connectivity index (χ1n) is 6.54. The first-order chi connectivity index (χ1) is 8.31. The molecule has 0 saturated carbocycles. The average molecular weight is 253 g/mol. The monoisotopic (exact) mass is 253 g/mol. The van der Waals surface area contributed by atoms with Gasteiger partial charge in [-0.15, -0.1) is 0 Å². The van der Waals surface area contributed by atoms with E-state index in [0.29, 0.717) is 11.3 Å². The van der Waals surface area contributed by atoms with Gasteiger partial charge in [-0.3, -0.25) is 4.68 Å². The molecule has 1 heterocycles. The topological polar surface area (TPSA) is 39.1 Å². The molecule has 1 aromatic rings. The minimum absolute atomic E-state index is 0.265. The van der Waals surface area contributed by atoms with E-state index in [2.05, 4.69) is 38.1 Å². The quantitative estimate of drug-likeness (QED) is 0.877. The Bertz CT molecular complexity index is 379. The van der Waals surface area contributed by atoms with Gasteiger partial charge >= 0.3 is 0 Å². The summed E-state index contributed by atoms with van der Waals surface area (Å²) in [6.45, 7) is 9.15. The molecule has 0 fully saturated rings. The number of hydrogen-bond donors (Lipinski definition) is 1. The zero-order valence-electron chi connectivity index (χ0n) is 12.7. The van der Waals surface area contributed by atoms with Gasteiger partial charge in [0.25, 0.3) is 0 Å². The molecule has 2 atom stereocenters. The first kappa shape index (κ1) is 15.0. The zero-order chi connectivity index (χ0) is 13.9. The molecule has 0 radical (unpaired) electrons. The third kappa shape index (κ3) is 3.25. The van der Waals surface area contributed by atoms with Crippen LogP contribution in [0, 0.1) is 11.3 Å². The van der Waals surface area contributed by atoms with Crippen LogP contribution in [0.2, 0.25) is 0 Å². The van der Waals surface area contributed by atoms with Crippen molar-refractivity contribution in [2.75, 3.05) is 14.2 Å². The third-order valence-electron chi connectivity index (χ3n) is 3.92. The third-order valence-corrected chi connectivity index (χ3v) is 3.92.